The minimum Gasteiger partial charge on any atom is -0.497 e. The summed E-state index contributed by atoms with van der Waals surface area (Å²) >= 11 is 0. The van der Waals surface area contributed by atoms with Crippen molar-refractivity contribution in [2.75, 3.05) is 19.0 Å². The van der Waals surface area contributed by atoms with Gasteiger partial charge < -0.3 is 20.9 Å². The number of carbonyl (C=O) groups excluding carboxylic acids is 1. The normalized spacial score (nSPS) is 11.7. The van der Waals surface area contributed by atoms with Crippen molar-refractivity contribution < 1.29 is 19.4 Å². The van der Waals surface area contributed by atoms with Gasteiger partial charge in [0.2, 0.25) is 0 Å². The van der Waals surface area contributed by atoms with E-state index >= 15 is 0 Å². The topological polar surface area (TPSA) is 105 Å². The number of hydrogen-bond donors (Lipinski definition) is 3. The molecule has 4 N–H and O–H groups in total. The van der Waals surface area contributed by atoms with Crippen molar-refractivity contribution in [3.05, 3.63) is 95.6 Å². The van der Waals surface area contributed by atoms with Crippen molar-refractivity contribution in [3.8, 4) is 5.75 Å². The molecular formula is C26H29N3O4. The maximum absolute atomic E-state index is 12.8. The number of nitrogens with one attached hydrogen (secondary N) is 1. The van der Waals surface area contributed by atoms with Crippen molar-refractivity contribution in [2.24, 2.45) is 5.73 Å². The number of nitrogens with two attached hydrogens (primary N) is 1. The molecule has 0 unspecified atom stereocenters. The third kappa shape index (κ3) is 7.17. The average Bonchev–Trinajstić information content (AvgIpc) is 2.84. The Morgan fingerprint density at radius 3 is 2.45 bits per heavy atom. The fraction of sp³-hybridized carbons (Fsp3) is 0.231. The highest BCUT2D eigenvalue weighted by Crippen LogP contribution is 2.21. The summed E-state index contributed by atoms with van der Waals surface area (Å²) < 4.78 is 5.21. The summed E-state index contributed by atoms with van der Waals surface area (Å²) in [5, 5.41) is 12.2. The van der Waals surface area contributed by atoms with E-state index in [4.69, 9.17) is 15.6 Å². The fourth-order valence-corrected chi connectivity index (χ4v) is 3.48. The first kappa shape index (κ1) is 24.0. The monoisotopic (exact) mass is 447 g/mol. The van der Waals surface area contributed by atoms with Gasteiger partial charge in [-0.3, -0.25) is 14.5 Å². The maximum atomic E-state index is 12.8. The molecule has 1 amide bonds. The van der Waals surface area contributed by atoms with E-state index in [0.29, 0.717) is 43.1 Å². The molecule has 3 aromatic carbocycles. The molecule has 0 radical (unpaired) electrons. The van der Waals surface area contributed by atoms with Gasteiger partial charge in [0, 0.05) is 30.9 Å². The van der Waals surface area contributed by atoms with Crippen LogP contribution in [-0.4, -0.2) is 41.6 Å². The largest absolute Gasteiger partial charge is 0.497 e. The third-order valence-electron chi connectivity index (χ3n) is 5.31. The van der Waals surface area contributed by atoms with E-state index in [1.54, 1.807) is 31.4 Å². The molecule has 0 aromatic heterocycles. The first-order valence-corrected chi connectivity index (χ1v) is 10.7. The van der Waals surface area contributed by atoms with Crippen LogP contribution in [0, 0.1) is 0 Å². The lowest BCUT2D eigenvalue weighted by Gasteiger charge is -2.25. The van der Waals surface area contributed by atoms with Crippen molar-refractivity contribution in [3.63, 3.8) is 0 Å². The molecule has 0 saturated heterocycles. The zero-order valence-electron chi connectivity index (χ0n) is 18.6. The van der Waals surface area contributed by atoms with Gasteiger partial charge in [0.05, 0.1) is 7.11 Å². The van der Waals surface area contributed by atoms with E-state index in [-0.39, 0.29) is 5.91 Å². The molecule has 0 aliphatic heterocycles. The van der Waals surface area contributed by atoms with Gasteiger partial charge in [0.1, 0.15) is 11.8 Å². The number of carboxylic acids is 1. The summed E-state index contributed by atoms with van der Waals surface area (Å²) in [7, 11) is 1.56. The number of anilines is 1. The number of nitrogens with zero attached hydrogens (tertiary/aromatic N) is 1. The first-order valence-electron chi connectivity index (χ1n) is 10.7. The highest BCUT2D eigenvalue weighted by Gasteiger charge is 2.17. The van der Waals surface area contributed by atoms with Gasteiger partial charge in [-0.05, 0) is 41.8 Å². The number of aliphatic carboxylic acids is 1. The van der Waals surface area contributed by atoms with Gasteiger partial charge in [-0.25, -0.2) is 0 Å². The highest BCUT2D eigenvalue weighted by molar-refractivity contribution is 6.04. The fourth-order valence-electron chi connectivity index (χ4n) is 3.48. The van der Waals surface area contributed by atoms with E-state index in [0.717, 1.165) is 11.1 Å². The second-order valence-electron chi connectivity index (χ2n) is 7.77. The number of hydrogen-bond acceptors (Lipinski definition) is 5. The van der Waals surface area contributed by atoms with Gasteiger partial charge >= 0.3 is 5.97 Å². The lowest BCUT2D eigenvalue weighted by atomic mass is 10.1. The number of carboxylic acid groups (broad SMARTS) is 1. The minimum atomic E-state index is -1.01. The van der Waals surface area contributed by atoms with Gasteiger partial charge in [0.15, 0.2) is 0 Å². The van der Waals surface area contributed by atoms with Gasteiger partial charge in [-0.2, -0.15) is 0 Å². The van der Waals surface area contributed by atoms with Crippen LogP contribution in [0.4, 0.5) is 5.69 Å². The molecule has 0 spiro atoms. The quantitative estimate of drug-likeness (QED) is 0.413. The molecule has 7 heteroatoms. The van der Waals surface area contributed by atoms with Crippen LogP contribution in [0.1, 0.15) is 27.9 Å². The summed E-state index contributed by atoms with van der Waals surface area (Å²) in [5.41, 5.74) is 8.97. The molecule has 0 aliphatic rings. The second kappa shape index (κ2) is 11.8. The van der Waals surface area contributed by atoms with Crippen LogP contribution in [0.2, 0.25) is 0 Å². The molecule has 0 aliphatic carbocycles. The summed E-state index contributed by atoms with van der Waals surface area (Å²) in [6.07, 6.45) is 0.320. The zero-order chi connectivity index (χ0) is 23.6. The smallest absolute Gasteiger partial charge is 0.320 e. The third-order valence-corrected chi connectivity index (χ3v) is 5.31. The summed E-state index contributed by atoms with van der Waals surface area (Å²) in [6, 6.07) is 23.6. The van der Waals surface area contributed by atoms with Gasteiger partial charge in [-0.15, -0.1) is 0 Å². The van der Waals surface area contributed by atoms with Crippen LogP contribution < -0.4 is 15.8 Å². The average molecular weight is 448 g/mol. The van der Waals surface area contributed by atoms with Crippen LogP contribution in [-0.2, 0) is 17.9 Å². The Hall–Kier alpha value is -3.68. The number of carbonyl (C=O) groups is 2. The number of benzene rings is 3. The maximum Gasteiger partial charge on any atom is 0.320 e. The standard InChI is InChI=1S/C26H29N3O4/c1-33-22-12-7-11-20(16-22)25(30)28-24-13-6-5-10-21(24)18-29(15-14-23(27)26(31)32)17-19-8-3-2-4-9-19/h2-13,16,23H,14-15,17-18,27H2,1H3,(H,28,30)(H,31,32)/t23-/m0/s1. The molecule has 3 aromatic rings. The van der Waals surface area contributed by atoms with E-state index in [1.807, 2.05) is 54.6 Å². The molecule has 0 heterocycles. The van der Waals surface area contributed by atoms with Crippen LogP contribution in [0.3, 0.4) is 0 Å². The highest BCUT2D eigenvalue weighted by atomic mass is 16.5. The number of methoxy groups -OCH3 is 1. The Labute approximate surface area is 193 Å². The Bertz CT molecular complexity index is 1070. The van der Waals surface area contributed by atoms with Crippen LogP contribution in [0.5, 0.6) is 5.75 Å². The lowest BCUT2D eigenvalue weighted by Crippen LogP contribution is -2.35. The van der Waals surface area contributed by atoms with Gasteiger partial charge in [-0.1, -0.05) is 54.6 Å². The minimum absolute atomic E-state index is 0.233. The van der Waals surface area contributed by atoms with E-state index < -0.39 is 12.0 Å². The van der Waals surface area contributed by atoms with Crippen molar-refractivity contribution in [1.29, 1.82) is 0 Å². The van der Waals surface area contributed by atoms with Crippen LogP contribution >= 0.6 is 0 Å². The molecule has 0 fully saturated rings. The molecular weight excluding hydrogens is 418 g/mol. The second-order valence-corrected chi connectivity index (χ2v) is 7.77. The number of ether oxygens (including phenoxy) is 1. The summed E-state index contributed by atoms with van der Waals surface area (Å²) in [4.78, 5) is 26.2. The zero-order valence-corrected chi connectivity index (χ0v) is 18.6. The Balaban J connectivity index is 1.77. The van der Waals surface area contributed by atoms with E-state index in [1.165, 1.54) is 0 Å². The Morgan fingerprint density at radius 2 is 1.73 bits per heavy atom. The molecule has 0 saturated carbocycles. The number of para-hydroxylation sites is 1. The Kier molecular flexibility index (Phi) is 8.57. The SMILES string of the molecule is COc1cccc(C(=O)Nc2ccccc2CN(CC[C@H](N)C(=O)O)Cc2ccccc2)c1. The van der Waals surface area contributed by atoms with E-state index in [9.17, 15) is 9.59 Å². The van der Waals surface area contributed by atoms with Crippen LogP contribution in [0.15, 0.2) is 78.9 Å². The van der Waals surface area contributed by atoms with E-state index in [2.05, 4.69) is 10.2 Å². The van der Waals surface area contributed by atoms with Crippen molar-refractivity contribution >= 4 is 17.6 Å². The molecule has 33 heavy (non-hydrogen) atoms. The van der Waals surface area contributed by atoms with Gasteiger partial charge in [0.25, 0.3) is 5.91 Å². The first-order chi connectivity index (χ1) is 16.0. The van der Waals surface area contributed by atoms with Crippen molar-refractivity contribution in [1.82, 2.24) is 4.90 Å². The summed E-state index contributed by atoms with van der Waals surface area (Å²) in [5.74, 6) is -0.635. The van der Waals surface area contributed by atoms with Crippen LogP contribution in [0.25, 0.3) is 0 Å². The van der Waals surface area contributed by atoms with Crippen molar-refractivity contribution in [2.45, 2.75) is 25.6 Å². The predicted octanol–water partition coefficient (Wildman–Crippen LogP) is 3.75. The molecule has 1 atom stereocenters. The molecule has 7 nitrogen and oxygen atoms in total. The number of amides is 1. The Morgan fingerprint density at radius 1 is 1.00 bits per heavy atom. The lowest BCUT2D eigenvalue weighted by molar-refractivity contribution is -0.138. The molecule has 3 rings (SSSR count). The molecule has 172 valence electrons. The molecule has 0 bridgehead atoms. The predicted molar refractivity (Wildman–Crippen MR) is 128 cm³/mol. The number of rotatable bonds is 11. The summed E-state index contributed by atoms with van der Waals surface area (Å²) in [6.45, 7) is 1.65.